The van der Waals surface area contributed by atoms with Crippen LogP contribution < -0.4 is 4.90 Å². The molecule has 3 aromatic heterocycles. The fourth-order valence-electron chi connectivity index (χ4n) is 10.8. The highest BCUT2D eigenvalue weighted by atomic mass is 15.2. The van der Waals surface area contributed by atoms with Crippen molar-refractivity contribution >= 4 is 50.0 Å². The van der Waals surface area contributed by atoms with Crippen molar-refractivity contribution in [2.45, 2.75) is 12.3 Å². The first-order valence-corrected chi connectivity index (χ1v) is 22.9. The van der Waals surface area contributed by atoms with Gasteiger partial charge in [-0.25, -0.2) is 9.97 Å². The number of hydrogen-bond acceptors (Lipinski definition) is 3. The third kappa shape index (κ3) is 6.02. The standard InChI is InChI=1S/C62H43N5/c1-62(44-25-9-4-10-26-44)51-33-12-14-37-55(51)66(61-52(62)34-19-39-63-61)45-27-15-24-43(40-45)48-30-18-38-56-59(48)65-60(67(56)54-36-13-11-28-46(54)41-20-5-2-6-21-41)50-32-16-31-49-57-47(42-22-7-3-8-23-42)29-17-35-53(57)64-58(49)50/h2-40,64H,1H3. The molecule has 5 nitrogen and oxygen atoms in total. The lowest BCUT2D eigenvalue weighted by Crippen LogP contribution is -2.34. The first-order valence-electron chi connectivity index (χ1n) is 22.9. The van der Waals surface area contributed by atoms with Crippen LogP contribution in [-0.2, 0) is 5.41 Å². The molecule has 316 valence electrons. The molecule has 0 spiro atoms. The molecule has 1 unspecified atom stereocenters. The van der Waals surface area contributed by atoms with Crippen molar-refractivity contribution in [2.24, 2.45) is 0 Å². The number of fused-ring (bicyclic) bond motifs is 6. The summed E-state index contributed by atoms with van der Waals surface area (Å²) < 4.78 is 2.37. The van der Waals surface area contributed by atoms with Crippen LogP contribution in [0.5, 0.6) is 0 Å². The van der Waals surface area contributed by atoms with Crippen LogP contribution in [0.2, 0.25) is 0 Å². The summed E-state index contributed by atoms with van der Waals surface area (Å²) in [5.74, 6) is 1.79. The van der Waals surface area contributed by atoms with Crippen LogP contribution in [0.3, 0.4) is 0 Å². The Morgan fingerprint density at radius 3 is 1.91 bits per heavy atom. The molecule has 1 atom stereocenters. The maximum atomic E-state index is 5.76. The second-order valence-corrected chi connectivity index (χ2v) is 17.5. The molecule has 5 heteroatoms. The highest BCUT2D eigenvalue weighted by molar-refractivity contribution is 6.17. The number of nitrogens with zero attached hydrogens (tertiary/aromatic N) is 4. The van der Waals surface area contributed by atoms with Crippen molar-refractivity contribution < 1.29 is 0 Å². The summed E-state index contributed by atoms with van der Waals surface area (Å²) in [5, 5.41) is 2.36. The first kappa shape index (κ1) is 38.6. The van der Waals surface area contributed by atoms with Gasteiger partial charge >= 0.3 is 0 Å². The van der Waals surface area contributed by atoms with Crippen LogP contribution in [0.4, 0.5) is 17.2 Å². The molecule has 0 amide bonds. The molecule has 1 N–H and O–H groups in total. The molecule has 0 fully saturated rings. The summed E-state index contributed by atoms with van der Waals surface area (Å²) in [6.45, 7) is 2.33. The van der Waals surface area contributed by atoms with Gasteiger partial charge in [0.1, 0.15) is 11.6 Å². The lowest BCUT2D eigenvalue weighted by molar-refractivity contribution is 0.676. The van der Waals surface area contributed by atoms with E-state index in [0.717, 1.165) is 89.5 Å². The van der Waals surface area contributed by atoms with Gasteiger partial charge in [0.05, 0.1) is 27.9 Å². The predicted molar refractivity (Wildman–Crippen MR) is 277 cm³/mol. The number of imidazole rings is 1. The van der Waals surface area contributed by atoms with Gasteiger partial charge in [-0.3, -0.25) is 9.47 Å². The second kappa shape index (κ2) is 15.4. The van der Waals surface area contributed by atoms with Crippen molar-refractivity contribution in [3.63, 3.8) is 0 Å². The minimum absolute atomic E-state index is 0.405. The van der Waals surface area contributed by atoms with Crippen molar-refractivity contribution in [1.29, 1.82) is 0 Å². The number of hydrogen-bond donors (Lipinski definition) is 1. The van der Waals surface area contributed by atoms with Gasteiger partial charge in [0.15, 0.2) is 0 Å². The van der Waals surface area contributed by atoms with Crippen LogP contribution in [0.25, 0.3) is 83.3 Å². The van der Waals surface area contributed by atoms with Crippen LogP contribution in [0, 0.1) is 0 Å². The molecular formula is C62H43N5. The number of nitrogens with one attached hydrogen (secondary N) is 1. The number of rotatable bonds is 7. The van der Waals surface area contributed by atoms with Crippen molar-refractivity contribution in [3.8, 4) is 50.5 Å². The van der Waals surface area contributed by atoms with Crippen LogP contribution in [0.15, 0.2) is 237 Å². The minimum Gasteiger partial charge on any atom is -0.354 e. The lowest BCUT2D eigenvalue weighted by atomic mass is 9.68. The Morgan fingerprint density at radius 1 is 0.478 bits per heavy atom. The summed E-state index contributed by atoms with van der Waals surface area (Å²) in [4.78, 5) is 17.1. The first-order chi connectivity index (χ1) is 33.1. The second-order valence-electron chi connectivity index (χ2n) is 17.5. The van der Waals surface area contributed by atoms with Crippen molar-refractivity contribution in [3.05, 3.63) is 253 Å². The van der Waals surface area contributed by atoms with Gasteiger partial charge in [-0.1, -0.05) is 182 Å². The van der Waals surface area contributed by atoms with E-state index in [-0.39, 0.29) is 0 Å². The smallest absolute Gasteiger partial charge is 0.147 e. The van der Waals surface area contributed by atoms with E-state index in [9.17, 15) is 0 Å². The fourth-order valence-corrected chi connectivity index (χ4v) is 10.8. The summed E-state index contributed by atoms with van der Waals surface area (Å²) in [6, 6.07) is 82.6. The van der Waals surface area contributed by atoms with Crippen molar-refractivity contribution in [2.75, 3.05) is 4.90 Å². The van der Waals surface area contributed by atoms with Gasteiger partial charge in [-0.2, -0.15) is 0 Å². The number of pyridine rings is 1. The number of benzene rings is 9. The third-order valence-corrected chi connectivity index (χ3v) is 13.9. The quantitative estimate of drug-likeness (QED) is 0.174. The monoisotopic (exact) mass is 857 g/mol. The topological polar surface area (TPSA) is 49.7 Å². The summed E-state index contributed by atoms with van der Waals surface area (Å²) >= 11 is 0. The number of aromatic nitrogens is 4. The van der Waals surface area contributed by atoms with Gasteiger partial charge in [0.25, 0.3) is 0 Å². The van der Waals surface area contributed by atoms with Crippen molar-refractivity contribution in [1.82, 2.24) is 19.5 Å². The Hall–Kier alpha value is -8.80. The fraction of sp³-hybridized carbons (Fsp3) is 0.0323. The molecule has 0 radical (unpaired) electrons. The Kier molecular flexibility index (Phi) is 8.90. The summed E-state index contributed by atoms with van der Waals surface area (Å²) in [6.07, 6.45) is 1.91. The molecule has 1 aliphatic heterocycles. The van der Waals surface area contributed by atoms with Gasteiger partial charge in [0, 0.05) is 55.8 Å². The highest BCUT2D eigenvalue weighted by Gasteiger charge is 2.42. The predicted octanol–water partition coefficient (Wildman–Crippen LogP) is 15.9. The van der Waals surface area contributed by atoms with E-state index in [4.69, 9.17) is 9.97 Å². The average molecular weight is 858 g/mol. The molecule has 1 aliphatic rings. The van der Waals surface area contributed by atoms with E-state index in [1.807, 2.05) is 6.20 Å². The molecule has 13 rings (SSSR count). The molecule has 67 heavy (non-hydrogen) atoms. The summed E-state index contributed by atoms with van der Waals surface area (Å²) in [7, 11) is 0. The number of H-pyrrole nitrogens is 1. The Balaban J connectivity index is 1.04. The third-order valence-electron chi connectivity index (χ3n) is 13.9. The molecule has 0 saturated carbocycles. The Bertz CT molecular complexity index is 3780. The largest absolute Gasteiger partial charge is 0.354 e. The Morgan fingerprint density at radius 2 is 1.09 bits per heavy atom. The normalized spacial score (nSPS) is 14.4. The number of aromatic amines is 1. The van der Waals surface area contributed by atoms with E-state index in [1.165, 1.54) is 27.6 Å². The zero-order chi connectivity index (χ0) is 44.5. The Labute approximate surface area is 388 Å². The molecule has 9 aromatic carbocycles. The molecule has 12 aromatic rings. The van der Waals surface area contributed by atoms with Gasteiger partial charge < -0.3 is 4.98 Å². The van der Waals surface area contributed by atoms with E-state index in [2.05, 4.69) is 252 Å². The SMILES string of the molecule is CC1(c2ccccc2)c2ccccc2N(c2cccc(-c3cccc4c3nc(-c3cccc5c3[nH]c3cccc(-c6ccccc6)c35)n4-c3ccccc3-c3ccccc3)c2)c2ncccc21. The van der Waals surface area contributed by atoms with E-state index < -0.39 is 5.41 Å². The van der Waals surface area contributed by atoms with Gasteiger partial charge in [-0.05, 0) is 88.8 Å². The maximum absolute atomic E-state index is 5.76. The zero-order valence-electron chi connectivity index (χ0n) is 36.8. The molecular weight excluding hydrogens is 815 g/mol. The zero-order valence-corrected chi connectivity index (χ0v) is 36.8. The molecule has 0 saturated heterocycles. The van der Waals surface area contributed by atoms with Gasteiger partial charge in [0.2, 0.25) is 0 Å². The highest BCUT2D eigenvalue weighted by Crippen LogP contribution is 2.54. The van der Waals surface area contributed by atoms with Crippen LogP contribution in [0.1, 0.15) is 23.6 Å². The minimum atomic E-state index is -0.405. The lowest BCUT2D eigenvalue weighted by Gasteiger charge is -2.43. The van der Waals surface area contributed by atoms with E-state index >= 15 is 0 Å². The molecule has 0 aliphatic carbocycles. The summed E-state index contributed by atoms with van der Waals surface area (Å²) in [5.41, 5.74) is 18.3. The number of anilines is 3. The molecule has 0 bridgehead atoms. The van der Waals surface area contributed by atoms with Crippen LogP contribution >= 0.6 is 0 Å². The van der Waals surface area contributed by atoms with Crippen LogP contribution in [-0.4, -0.2) is 19.5 Å². The maximum Gasteiger partial charge on any atom is 0.147 e. The average Bonchev–Trinajstić information content (AvgIpc) is 3.99. The molecule has 4 heterocycles. The van der Waals surface area contributed by atoms with E-state index in [0.29, 0.717) is 0 Å². The van der Waals surface area contributed by atoms with Gasteiger partial charge in [-0.15, -0.1) is 0 Å². The number of para-hydroxylation sites is 4. The van der Waals surface area contributed by atoms with E-state index in [1.54, 1.807) is 0 Å².